The maximum Gasteiger partial charge on any atom is 0.240 e. The number of carbonyl (C=O) groups excluding carboxylic acids is 1. The van der Waals surface area contributed by atoms with Gasteiger partial charge in [-0.05, 0) is 75.9 Å². The molecule has 35 heavy (non-hydrogen) atoms. The summed E-state index contributed by atoms with van der Waals surface area (Å²) in [5, 5.41) is 6.59. The molecule has 2 N–H and O–H groups in total. The Morgan fingerprint density at radius 1 is 1.31 bits per heavy atom. The number of hydrogen-bond donors (Lipinski definition) is 2. The summed E-state index contributed by atoms with van der Waals surface area (Å²) in [5.41, 5.74) is 3.56. The lowest BCUT2D eigenvalue weighted by Crippen LogP contribution is -2.34. The third-order valence-electron chi connectivity index (χ3n) is 6.58. The standard InChI is InChI=1S/C26H38Cl2N6O/c1-5-7-21(27)25(35)34(4)13-6-12-29-24-22(28)17-30-26(32-24)31-23-9-8-20(16-18(23)2)19-10-14-33(3)15-11-19/h8-9,16-17,19,21H,5-7,10-15H2,1-4H3,(H2,29,30,31,32). The molecule has 1 amide bonds. The monoisotopic (exact) mass is 520 g/mol. The van der Waals surface area contributed by atoms with Crippen molar-refractivity contribution >= 4 is 46.6 Å². The van der Waals surface area contributed by atoms with E-state index in [0.29, 0.717) is 42.2 Å². The Kier molecular flexibility index (Phi) is 10.4. The Balaban J connectivity index is 1.54. The van der Waals surface area contributed by atoms with Crippen LogP contribution in [0.5, 0.6) is 0 Å². The molecule has 0 saturated carbocycles. The van der Waals surface area contributed by atoms with Gasteiger partial charge < -0.3 is 20.4 Å². The van der Waals surface area contributed by atoms with E-state index in [0.717, 1.165) is 31.6 Å². The Hall–Kier alpha value is -2.09. The molecule has 1 aromatic heterocycles. The SMILES string of the molecule is CCCC(Cl)C(=O)N(C)CCCNc1nc(Nc2ccc(C3CCN(C)CC3)cc2C)ncc1Cl. The number of carbonyl (C=O) groups is 1. The first kappa shape index (κ1) is 27.5. The Labute approximate surface area is 219 Å². The van der Waals surface area contributed by atoms with E-state index >= 15 is 0 Å². The van der Waals surface area contributed by atoms with Crippen LogP contribution >= 0.6 is 23.2 Å². The lowest BCUT2D eigenvalue weighted by Gasteiger charge is -2.29. The first-order chi connectivity index (χ1) is 16.8. The smallest absolute Gasteiger partial charge is 0.240 e. The fourth-order valence-corrected chi connectivity index (χ4v) is 4.89. The Morgan fingerprint density at radius 3 is 2.74 bits per heavy atom. The minimum Gasteiger partial charge on any atom is -0.369 e. The summed E-state index contributed by atoms with van der Waals surface area (Å²) in [4.78, 5) is 25.2. The molecule has 2 heterocycles. The van der Waals surface area contributed by atoms with Crippen molar-refractivity contribution in [1.82, 2.24) is 19.8 Å². The van der Waals surface area contributed by atoms with E-state index in [-0.39, 0.29) is 5.91 Å². The highest BCUT2D eigenvalue weighted by atomic mass is 35.5. The molecule has 1 unspecified atom stereocenters. The molecule has 1 atom stereocenters. The number of hydrogen-bond acceptors (Lipinski definition) is 6. The van der Waals surface area contributed by atoms with Crippen LogP contribution in [0.2, 0.25) is 5.02 Å². The number of halogens is 2. The predicted molar refractivity (Wildman–Crippen MR) is 146 cm³/mol. The summed E-state index contributed by atoms with van der Waals surface area (Å²) >= 11 is 12.5. The normalized spacial score (nSPS) is 15.6. The second-order valence-corrected chi connectivity index (χ2v) is 10.4. The van der Waals surface area contributed by atoms with Gasteiger partial charge in [0.25, 0.3) is 0 Å². The number of anilines is 3. The van der Waals surface area contributed by atoms with Crippen LogP contribution in [0.1, 0.15) is 56.1 Å². The lowest BCUT2D eigenvalue weighted by atomic mass is 9.88. The summed E-state index contributed by atoms with van der Waals surface area (Å²) in [6, 6.07) is 6.60. The van der Waals surface area contributed by atoms with Crippen molar-refractivity contribution < 1.29 is 4.79 Å². The van der Waals surface area contributed by atoms with Crippen molar-refractivity contribution in [2.45, 2.75) is 57.2 Å². The zero-order valence-corrected chi connectivity index (χ0v) is 22.8. The molecule has 0 spiro atoms. The maximum atomic E-state index is 12.2. The first-order valence-electron chi connectivity index (χ1n) is 12.5. The van der Waals surface area contributed by atoms with Crippen LogP contribution in [0, 0.1) is 6.92 Å². The zero-order chi connectivity index (χ0) is 25.4. The number of aromatic nitrogens is 2. The molecule has 1 aliphatic heterocycles. The van der Waals surface area contributed by atoms with Gasteiger partial charge in [-0.15, -0.1) is 11.6 Å². The quantitative estimate of drug-likeness (QED) is 0.294. The fraction of sp³-hybridized carbons (Fsp3) is 0.577. The topological polar surface area (TPSA) is 73.4 Å². The molecule has 1 aromatic carbocycles. The van der Waals surface area contributed by atoms with E-state index in [2.05, 4.69) is 57.7 Å². The van der Waals surface area contributed by atoms with Gasteiger partial charge in [-0.2, -0.15) is 4.98 Å². The molecular formula is C26H38Cl2N6O. The number of nitrogens with zero attached hydrogens (tertiary/aromatic N) is 4. The molecular weight excluding hydrogens is 483 g/mol. The highest BCUT2D eigenvalue weighted by Gasteiger charge is 2.20. The third kappa shape index (κ3) is 7.95. The first-order valence-corrected chi connectivity index (χ1v) is 13.3. The predicted octanol–water partition coefficient (Wildman–Crippen LogP) is 5.66. The van der Waals surface area contributed by atoms with Crippen LogP contribution in [-0.2, 0) is 4.79 Å². The van der Waals surface area contributed by atoms with Crippen LogP contribution in [0.25, 0.3) is 0 Å². The average Bonchev–Trinajstić information content (AvgIpc) is 2.84. The van der Waals surface area contributed by atoms with E-state index in [1.807, 2.05) is 6.92 Å². The van der Waals surface area contributed by atoms with Gasteiger partial charge in [-0.3, -0.25) is 4.79 Å². The van der Waals surface area contributed by atoms with Crippen molar-refractivity contribution in [3.8, 4) is 0 Å². The molecule has 3 rings (SSSR count). The van der Waals surface area contributed by atoms with Gasteiger partial charge in [0, 0.05) is 25.8 Å². The molecule has 1 saturated heterocycles. The molecule has 0 radical (unpaired) electrons. The fourth-order valence-electron chi connectivity index (χ4n) is 4.34. The van der Waals surface area contributed by atoms with E-state index < -0.39 is 5.38 Å². The summed E-state index contributed by atoms with van der Waals surface area (Å²) in [7, 11) is 3.97. The van der Waals surface area contributed by atoms with Gasteiger partial charge >= 0.3 is 0 Å². The molecule has 0 aliphatic carbocycles. The molecule has 2 aromatic rings. The van der Waals surface area contributed by atoms with Gasteiger partial charge in [0.1, 0.15) is 16.2 Å². The van der Waals surface area contributed by atoms with Crippen molar-refractivity contribution in [2.24, 2.45) is 0 Å². The van der Waals surface area contributed by atoms with Crippen LogP contribution in [0.3, 0.4) is 0 Å². The van der Waals surface area contributed by atoms with E-state index in [4.69, 9.17) is 23.2 Å². The highest BCUT2D eigenvalue weighted by Crippen LogP contribution is 2.31. The average molecular weight is 522 g/mol. The number of piperidine rings is 1. The summed E-state index contributed by atoms with van der Waals surface area (Å²) < 4.78 is 0. The van der Waals surface area contributed by atoms with E-state index in [1.54, 1.807) is 18.1 Å². The van der Waals surface area contributed by atoms with Crippen LogP contribution < -0.4 is 10.6 Å². The number of alkyl halides is 1. The molecule has 7 nitrogen and oxygen atoms in total. The molecule has 9 heteroatoms. The second-order valence-electron chi connectivity index (χ2n) is 9.46. The number of aryl methyl sites for hydroxylation is 1. The third-order valence-corrected chi connectivity index (χ3v) is 7.26. The van der Waals surface area contributed by atoms with Gasteiger partial charge in [0.2, 0.25) is 11.9 Å². The largest absolute Gasteiger partial charge is 0.369 e. The molecule has 1 fully saturated rings. The van der Waals surface area contributed by atoms with Crippen molar-refractivity contribution in [2.75, 3.05) is 50.9 Å². The maximum absolute atomic E-state index is 12.2. The Bertz CT molecular complexity index is 980. The lowest BCUT2D eigenvalue weighted by molar-refractivity contribution is -0.129. The van der Waals surface area contributed by atoms with Crippen LogP contribution in [0.4, 0.5) is 17.5 Å². The van der Waals surface area contributed by atoms with Crippen molar-refractivity contribution in [3.63, 3.8) is 0 Å². The zero-order valence-electron chi connectivity index (χ0n) is 21.3. The summed E-state index contributed by atoms with van der Waals surface area (Å²) in [5.74, 6) is 1.65. The van der Waals surface area contributed by atoms with E-state index in [1.165, 1.54) is 24.0 Å². The van der Waals surface area contributed by atoms with Gasteiger partial charge in [0.15, 0.2) is 0 Å². The van der Waals surface area contributed by atoms with Crippen LogP contribution in [-0.4, -0.2) is 71.3 Å². The number of benzene rings is 1. The number of nitrogens with one attached hydrogen (secondary N) is 2. The van der Waals surface area contributed by atoms with Crippen LogP contribution in [0.15, 0.2) is 24.4 Å². The molecule has 0 bridgehead atoms. The molecule has 192 valence electrons. The Morgan fingerprint density at radius 2 is 2.06 bits per heavy atom. The summed E-state index contributed by atoms with van der Waals surface area (Å²) in [6.45, 7) is 7.66. The second kappa shape index (κ2) is 13.3. The minimum atomic E-state index is -0.454. The number of amides is 1. The van der Waals surface area contributed by atoms with Crippen molar-refractivity contribution in [3.05, 3.63) is 40.5 Å². The summed E-state index contributed by atoms with van der Waals surface area (Å²) in [6.07, 6.45) is 6.33. The van der Waals surface area contributed by atoms with Gasteiger partial charge in [-0.25, -0.2) is 4.98 Å². The minimum absolute atomic E-state index is 0.0303. The number of rotatable bonds is 11. The highest BCUT2D eigenvalue weighted by molar-refractivity contribution is 6.32. The van der Waals surface area contributed by atoms with Gasteiger partial charge in [0.05, 0.1) is 6.20 Å². The van der Waals surface area contributed by atoms with E-state index in [9.17, 15) is 4.79 Å². The van der Waals surface area contributed by atoms with Gasteiger partial charge in [-0.1, -0.05) is 37.1 Å². The molecule has 1 aliphatic rings. The van der Waals surface area contributed by atoms with Crippen molar-refractivity contribution in [1.29, 1.82) is 0 Å². The number of likely N-dealkylation sites (tertiary alicyclic amines) is 1.